The largest absolute Gasteiger partial charge is 0.485 e. The maximum atomic E-state index is 6.05. The zero-order chi connectivity index (χ0) is 14.4. The Morgan fingerprint density at radius 1 is 1.19 bits per heavy atom. The molecule has 2 aliphatic rings. The molecule has 2 aromatic carbocycles. The molecule has 0 amide bonds. The second kappa shape index (κ2) is 4.88. The third-order valence-corrected chi connectivity index (χ3v) is 4.37. The van der Waals surface area contributed by atoms with Gasteiger partial charge in [0.2, 0.25) is 0 Å². The molecule has 2 aromatic rings. The van der Waals surface area contributed by atoms with E-state index in [1.54, 1.807) is 0 Å². The fourth-order valence-electron chi connectivity index (χ4n) is 2.83. The van der Waals surface area contributed by atoms with Gasteiger partial charge in [-0.3, -0.25) is 4.99 Å². The zero-order valence-corrected chi connectivity index (χ0v) is 13.2. The lowest BCUT2D eigenvalue weighted by molar-refractivity contribution is 0.134. The van der Waals surface area contributed by atoms with Crippen LogP contribution in [0.5, 0.6) is 11.5 Å². The number of aliphatic imine (C=N–C) groups is 1. The van der Waals surface area contributed by atoms with Gasteiger partial charge in [-0.25, -0.2) is 0 Å². The van der Waals surface area contributed by atoms with Crippen LogP contribution in [-0.4, -0.2) is 18.4 Å². The summed E-state index contributed by atoms with van der Waals surface area (Å²) in [4.78, 5) is 4.75. The zero-order valence-electron chi connectivity index (χ0n) is 11.6. The number of ether oxygens (including phenoxy) is 2. The van der Waals surface area contributed by atoms with E-state index >= 15 is 0 Å². The van der Waals surface area contributed by atoms with E-state index in [1.807, 2.05) is 24.3 Å². The van der Waals surface area contributed by atoms with Crippen LogP contribution in [0.4, 0.5) is 5.69 Å². The third-order valence-electron chi connectivity index (χ3n) is 3.92. The first-order chi connectivity index (χ1) is 10.2. The highest BCUT2D eigenvalue weighted by molar-refractivity contribution is 9.10. The van der Waals surface area contributed by atoms with Gasteiger partial charge in [0.05, 0.1) is 11.4 Å². The summed E-state index contributed by atoms with van der Waals surface area (Å²) < 4.78 is 12.9. The molecule has 1 atom stereocenters. The molecule has 2 heterocycles. The van der Waals surface area contributed by atoms with Crippen molar-refractivity contribution in [3.8, 4) is 11.5 Å². The van der Waals surface area contributed by atoms with E-state index < -0.39 is 0 Å². The van der Waals surface area contributed by atoms with Crippen molar-refractivity contribution in [2.24, 2.45) is 4.99 Å². The first-order valence-electron chi connectivity index (χ1n) is 6.95. The lowest BCUT2D eigenvalue weighted by atomic mass is 10.0. The van der Waals surface area contributed by atoms with E-state index in [0.717, 1.165) is 33.8 Å². The number of halogens is 1. The molecule has 21 heavy (non-hydrogen) atoms. The fourth-order valence-corrected chi connectivity index (χ4v) is 3.39. The highest BCUT2D eigenvalue weighted by Crippen LogP contribution is 2.36. The molecule has 106 valence electrons. The topological polar surface area (TPSA) is 30.8 Å². The highest BCUT2D eigenvalue weighted by Gasteiger charge is 2.29. The number of benzene rings is 2. The van der Waals surface area contributed by atoms with Crippen molar-refractivity contribution in [3.63, 3.8) is 0 Å². The SMILES string of the molecule is Cc1cc(Br)cc2c1CC(C1COc3ccccc3O1)=N2. The number of para-hydroxylation sites is 2. The van der Waals surface area contributed by atoms with Gasteiger partial charge in [0.25, 0.3) is 0 Å². The smallest absolute Gasteiger partial charge is 0.171 e. The van der Waals surface area contributed by atoms with Crippen LogP contribution in [0.15, 0.2) is 45.9 Å². The minimum Gasteiger partial charge on any atom is -0.485 e. The number of hydrogen-bond acceptors (Lipinski definition) is 3. The van der Waals surface area contributed by atoms with Gasteiger partial charge in [0, 0.05) is 10.9 Å². The average molecular weight is 344 g/mol. The summed E-state index contributed by atoms with van der Waals surface area (Å²) >= 11 is 3.53. The predicted octanol–water partition coefficient (Wildman–Crippen LogP) is 4.23. The Labute approximate surface area is 131 Å². The number of rotatable bonds is 1. The molecule has 4 rings (SSSR count). The molecule has 0 bridgehead atoms. The number of fused-ring (bicyclic) bond motifs is 2. The molecule has 2 aliphatic heterocycles. The van der Waals surface area contributed by atoms with E-state index in [2.05, 4.69) is 35.0 Å². The first kappa shape index (κ1) is 12.9. The van der Waals surface area contributed by atoms with Crippen LogP contribution in [0.1, 0.15) is 11.1 Å². The van der Waals surface area contributed by atoms with Crippen LogP contribution in [-0.2, 0) is 6.42 Å². The summed E-state index contributed by atoms with van der Waals surface area (Å²) in [5.41, 5.74) is 4.63. The maximum Gasteiger partial charge on any atom is 0.171 e. The summed E-state index contributed by atoms with van der Waals surface area (Å²) in [5, 5.41) is 0. The van der Waals surface area contributed by atoms with Gasteiger partial charge in [-0.05, 0) is 42.3 Å². The van der Waals surface area contributed by atoms with Crippen molar-refractivity contribution in [1.82, 2.24) is 0 Å². The standard InChI is InChI=1S/C17H14BrNO2/c1-10-6-11(18)7-13-12(10)8-14(19-13)17-9-20-15-4-2-3-5-16(15)21-17/h2-7,17H,8-9H2,1H3. The number of nitrogens with zero attached hydrogens (tertiary/aromatic N) is 1. The highest BCUT2D eigenvalue weighted by atomic mass is 79.9. The molecule has 0 spiro atoms. The normalized spacial score (nSPS) is 19.1. The van der Waals surface area contributed by atoms with Crippen LogP contribution >= 0.6 is 15.9 Å². The van der Waals surface area contributed by atoms with E-state index in [-0.39, 0.29) is 6.10 Å². The second-order valence-corrected chi connectivity index (χ2v) is 6.28. The third kappa shape index (κ3) is 2.23. The Bertz CT molecular complexity index is 754. The van der Waals surface area contributed by atoms with Gasteiger partial charge >= 0.3 is 0 Å². The fraction of sp³-hybridized carbons (Fsp3) is 0.235. The Morgan fingerprint density at radius 2 is 2.00 bits per heavy atom. The average Bonchev–Trinajstić information content (AvgIpc) is 2.91. The minimum absolute atomic E-state index is 0.106. The molecule has 1 unspecified atom stereocenters. The Balaban J connectivity index is 1.63. The summed E-state index contributed by atoms with van der Waals surface area (Å²) in [6.07, 6.45) is 0.732. The molecule has 3 nitrogen and oxygen atoms in total. The molecule has 0 aliphatic carbocycles. The Morgan fingerprint density at radius 3 is 2.86 bits per heavy atom. The Hall–Kier alpha value is -1.81. The lowest BCUT2D eigenvalue weighted by Crippen LogP contribution is -2.36. The van der Waals surface area contributed by atoms with E-state index in [4.69, 9.17) is 14.5 Å². The first-order valence-corrected chi connectivity index (χ1v) is 7.75. The van der Waals surface area contributed by atoms with Gasteiger partial charge in [0.1, 0.15) is 6.61 Å². The molecule has 0 aromatic heterocycles. The molecule has 4 heteroatoms. The molecule has 0 radical (unpaired) electrons. The van der Waals surface area contributed by atoms with Crippen LogP contribution in [0.25, 0.3) is 0 Å². The van der Waals surface area contributed by atoms with Crippen molar-refractivity contribution < 1.29 is 9.47 Å². The van der Waals surface area contributed by atoms with Crippen LogP contribution < -0.4 is 9.47 Å². The van der Waals surface area contributed by atoms with Crippen molar-refractivity contribution in [1.29, 1.82) is 0 Å². The Kier molecular flexibility index (Phi) is 3.00. The van der Waals surface area contributed by atoms with Crippen molar-refractivity contribution >= 4 is 27.3 Å². The van der Waals surface area contributed by atoms with E-state index in [1.165, 1.54) is 11.1 Å². The van der Waals surface area contributed by atoms with Crippen molar-refractivity contribution in [2.45, 2.75) is 19.4 Å². The van der Waals surface area contributed by atoms with E-state index in [9.17, 15) is 0 Å². The van der Waals surface area contributed by atoms with E-state index in [0.29, 0.717) is 6.61 Å². The molecular formula is C17H14BrNO2. The second-order valence-electron chi connectivity index (χ2n) is 5.36. The van der Waals surface area contributed by atoms with Gasteiger partial charge < -0.3 is 9.47 Å². The van der Waals surface area contributed by atoms with Crippen LogP contribution in [0.3, 0.4) is 0 Å². The van der Waals surface area contributed by atoms with Gasteiger partial charge in [0.15, 0.2) is 17.6 Å². The van der Waals surface area contributed by atoms with Gasteiger partial charge in [-0.2, -0.15) is 0 Å². The minimum atomic E-state index is -0.106. The van der Waals surface area contributed by atoms with Gasteiger partial charge in [-0.1, -0.05) is 28.1 Å². The molecule has 0 N–H and O–H groups in total. The van der Waals surface area contributed by atoms with Crippen molar-refractivity contribution in [3.05, 3.63) is 52.0 Å². The summed E-state index contributed by atoms with van der Waals surface area (Å²) in [6, 6.07) is 12.0. The predicted molar refractivity (Wildman–Crippen MR) is 86.0 cm³/mol. The monoisotopic (exact) mass is 343 g/mol. The molecule has 0 saturated carbocycles. The molecule has 0 saturated heterocycles. The van der Waals surface area contributed by atoms with Crippen LogP contribution in [0.2, 0.25) is 0 Å². The number of aryl methyl sites for hydroxylation is 1. The number of hydrogen-bond donors (Lipinski definition) is 0. The lowest BCUT2D eigenvalue weighted by Gasteiger charge is -2.26. The van der Waals surface area contributed by atoms with Crippen molar-refractivity contribution in [2.75, 3.05) is 6.61 Å². The molecule has 0 fully saturated rings. The maximum absolute atomic E-state index is 6.05. The van der Waals surface area contributed by atoms with Crippen LogP contribution in [0, 0.1) is 6.92 Å². The quantitative estimate of drug-likeness (QED) is 0.775. The summed E-state index contributed by atoms with van der Waals surface area (Å²) in [5.74, 6) is 1.61. The van der Waals surface area contributed by atoms with Gasteiger partial charge in [-0.15, -0.1) is 0 Å². The molecular weight excluding hydrogens is 330 g/mol. The summed E-state index contributed by atoms with van der Waals surface area (Å²) in [6.45, 7) is 2.64. The summed E-state index contributed by atoms with van der Waals surface area (Å²) in [7, 11) is 0.